The Hall–Kier alpha value is -2.17. The first-order valence-electron chi connectivity index (χ1n) is 5.06. The van der Waals surface area contributed by atoms with Crippen molar-refractivity contribution in [2.24, 2.45) is 0 Å². The van der Waals surface area contributed by atoms with Gasteiger partial charge in [0.05, 0.1) is 12.7 Å². The van der Waals surface area contributed by atoms with Crippen LogP contribution in [0.5, 0.6) is 0 Å². The lowest BCUT2D eigenvalue weighted by Gasteiger charge is -2.30. The van der Waals surface area contributed by atoms with Crippen LogP contribution in [-0.2, 0) is 9.53 Å². The van der Waals surface area contributed by atoms with Crippen LogP contribution in [0.2, 0.25) is 0 Å². The van der Waals surface area contributed by atoms with E-state index < -0.39 is 17.8 Å². The van der Waals surface area contributed by atoms with Crippen molar-refractivity contribution in [2.75, 3.05) is 14.2 Å². The lowest BCUT2D eigenvalue weighted by atomic mass is 9.92. The molecule has 0 spiro atoms. The van der Waals surface area contributed by atoms with Crippen LogP contribution in [0.3, 0.4) is 0 Å². The third kappa shape index (κ3) is 1.60. The van der Waals surface area contributed by atoms with Crippen LogP contribution in [0.25, 0.3) is 0 Å². The van der Waals surface area contributed by atoms with Gasteiger partial charge >= 0.3 is 5.97 Å². The summed E-state index contributed by atoms with van der Waals surface area (Å²) in [5.74, 6) is -1.48. The number of carbonyl (C=O) groups excluding carboxylic acids is 3. The van der Waals surface area contributed by atoms with Crippen LogP contribution in [0.4, 0.5) is 0 Å². The molecule has 2 rings (SSSR count). The van der Waals surface area contributed by atoms with Gasteiger partial charge in [-0.25, -0.2) is 4.79 Å². The number of likely N-dealkylation sites (N-methyl/N-ethyl adjacent to an activating group) is 1. The van der Waals surface area contributed by atoms with Crippen molar-refractivity contribution < 1.29 is 19.1 Å². The standard InChI is InChI=1S/C12H11NO4/c1-13-9(12(16)17-2)10(14)7-5-3-4-6-8(7)11(13)15/h3-6,9H,1-2H3. The summed E-state index contributed by atoms with van der Waals surface area (Å²) >= 11 is 0. The Kier molecular flexibility index (Phi) is 2.67. The molecule has 1 amide bonds. The number of ketones is 1. The third-order valence-electron chi connectivity index (χ3n) is 2.80. The molecule has 1 aromatic rings. The number of nitrogens with zero attached hydrogens (tertiary/aromatic N) is 1. The van der Waals surface area contributed by atoms with Crippen molar-refractivity contribution >= 4 is 17.7 Å². The first-order chi connectivity index (χ1) is 8.07. The van der Waals surface area contributed by atoms with E-state index in [9.17, 15) is 14.4 Å². The summed E-state index contributed by atoms with van der Waals surface area (Å²) in [4.78, 5) is 36.7. The highest BCUT2D eigenvalue weighted by Gasteiger charge is 2.41. The largest absolute Gasteiger partial charge is 0.467 e. The summed E-state index contributed by atoms with van der Waals surface area (Å²) < 4.78 is 4.54. The molecule has 1 heterocycles. The number of hydrogen-bond acceptors (Lipinski definition) is 4. The zero-order valence-corrected chi connectivity index (χ0v) is 9.47. The average molecular weight is 233 g/mol. The number of Topliss-reactive ketones (excluding diaryl/α,β-unsaturated/α-hetero) is 1. The normalized spacial score (nSPS) is 18.9. The van der Waals surface area contributed by atoms with E-state index in [1.807, 2.05) is 0 Å². The monoisotopic (exact) mass is 233 g/mol. The first kappa shape index (κ1) is 11.3. The van der Waals surface area contributed by atoms with Crippen molar-refractivity contribution in [3.05, 3.63) is 35.4 Å². The van der Waals surface area contributed by atoms with E-state index in [4.69, 9.17) is 0 Å². The van der Waals surface area contributed by atoms with Gasteiger partial charge in [0, 0.05) is 12.6 Å². The second-order valence-electron chi connectivity index (χ2n) is 3.75. The quantitative estimate of drug-likeness (QED) is 0.523. The van der Waals surface area contributed by atoms with Gasteiger partial charge in [0.25, 0.3) is 5.91 Å². The van der Waals surface area contributed by atoms with E-state index in [0.717, 1.165) is 4.90 Å². The number of carbonyl (C=O) groups is 3. The maximum Gasteiger partial charge on any atom is 0.336 e. The van der Waals surface area contributed by atoms with Gasteiger partial charge in [0.1, 0.15) is 0 Å². The summed E-state index contributed by atoms with van der Waals surface area (Å²) in [6.45, 7) is 0. The summed E-state index contributed by atoms with van der Waals surface area (Å²) in [5.41, 5.74) is 0.589. The van der Waals surface area contributed by atoms with Crippen LogP contribution in [0.1, 0.15) is 20.7 Å². The highest BCUT2D eigenvalue weighted by atomic mass is 16.5. The molecule has 0 radical (unpaired) electrons. The molecule has 1 aliphatic heterocycles. The Labute approximate surface area is 98.0 Å². The Morgan fingerprint density at radius 1 is 1.24 bits per heavy atom. The number of benzene rings is 1. The minimum atomic E-state index is -1.18. The fourth-order valence-electron chi connectivity index (χ4n) is 1.89. The summed E-state index contributed by atoms with van der Waals surface area (Å²) in [6.07, 6.45) is 0. The number of hydrogen-bond donors (Lipinski definition) is 0. The highest BCUT2D eigenvalue weighted by molar-refractivity contribution is 6.22. The molecule has 0 aliphatic carbocycles. The molecule has 1 atom stereocenters. The smallest absolute Gasteiger partial charge is 0.336 e. The van der Waals surface area contributed by atoms with E-state index >= 15 is 0 Å². The lowest BCUT2D eigenvalue weighted by Crippen LogP contribution is -2.52. The van der Waals surface area contributed by atoms with Crippen LogP contribution in [-0.4, -0.2) is 42.8 Å². The van der Waals surface area contributed by atoms with E-state index in [2.05, 4.69) is 4.74 Å². The van der Waals surface area contributed by atoms with Gasteiger partial charge in [-0.2, -0.15) is 0 Å². The number of methoxy groups -OCH3 is 1. The number of amides is 1. The fourth-order valence-corrected chi connectivity index (χ4v) is 1.89. The zero-order valence-electron chi connectivity index (χ0n) is 9.47. The van der Waals surface area contributed by atoms with Crippen LogP contribution < -0.4 is 0 Å². The number of rotatable bonds is 1. The Bertz CT molecular complexity index is 509. The Balaban J connectivity index is 2.54. The molecule has 1 aliphatic rings. The van der Waals surface area contributed by atoms with Crippen molar-refractivity contribution in [2.45, 2.75) is 6.04 Å². The molecule has 17 heavy (non-hydrogen) atoms. The summed E-state index contributed by atoms with van der Waals surface area (Å²) in [6, 6.07) is 5.26. The van der Waals surface area contributed by atoms with Crippen LogP contribution >= 0.6 is 0 Å². The van der Waals surface area contributed by atoms with Crippen molar-refractivity contribution in [3.63, 3.8) is 0 Å². The predicted molar refractivity (Wildman–Crippen MR) is 58.7 cm³/mol. The van der Waals surface area contributed by atoms with Crippen molar-refractivity contribution in [1.82, 2.24) is 4.90 Å². The van der Waals surface area contributed by atoms with Gasteiger partial charge in [-0.15, -0.1) is 0 Å². The molecule has 0 fully saturated rings. The van der Waals surface area contributed by atoms with E-state index in [0.29, 0.717) is 5.56 Å². The number of fused-ring (bicyclic) bond motifs is 1. The predicted octanol–water partition coefficient (Wildman–Crippen LogP) is 0.496. The van der Waals surface area contributed by atoms with Crippen molar-refractivity contribution in [1.29, 1.82) is 0 Å². The second kappa shape index (κ2) is 4.01. The molecule has 0 bridgehead atoms. The van der Waals surface area contributed by atoms with Gasteiger partial charge in [-0.05, 0) is 6.07 Å². The zero-order chi connectivity index (χ0) is 12.6. The Morgan fingerprint density at radius 2 is 1.82 bits per heavy atom. The van der Waals surface area contributed by atoms with E-state index in [1.165, 1.54) is 14.2 Å². The van der Waals surface area contributed by atoms with Gasteiger partial charge in [0.2, 0.25) is 0 Å². The van der Waals surface area contributed by atoms with Gasteiger partial charge in [0.15, 0.2) is 11.8 Å². The average Bonchev–Trinajstić information content (AvgIpc) is 2.36. The van der Waals surface area contributed by atoms with Crippen molar-refractivity contribution in [3.8, 4) is 0 Å². The molecule has 0 N–H and O–H groups in total. The number of esters is 1. The third-order valence-corrected chi connectivity index (χ3v) is 2.80. The molecule has 0 saturated carbocycles. The molecular weight excluding hydrogens is 222 g/mol. The summed E-state index contributed by atoms with van der Waals surface area (Å²) in [7, 11) is 2.60. The minimum absolute atomic E-state index is 0.269. The van der Waals surface area contributed by atoms with E-state index in [1.54, 1.807) is 24.3 Å². The molecule has 1 aromatic carbocycles. The SMILES string of the molecule is COC(=O)C1C(=O)c2ccccc2C(=O)N1C. The summed E-state index contributed by atoms with van der Waals surface area (Å²) in [5, 5.41) is 0. The maximum absolute atomic E-state index is 12.1. The Morgan fingerprint density at radius 3 is 2.41 bits per heavy atom. The molecule has 1 unspecified atom stereocenters. The lowest BCUT2D eigenvalue weighted by molar-refractivity contribution is -0.143. The van der Waals surface area contributed by atoms with E-state index in [-0.39, 0.29) is 11.5 Å². The van der Waals surface area contributed by atoms with Crippen LogP contribution in [0, 0.1) is 0 Å². The molecule has 5 nitrogen and oxygen atoms in total. The topological polar surface area (TPSA) is 63.7 Å². The van der Waals surface area contributed by atoms with Crippen LogP contribution in [0.15, 0.2) is 24.3 Å². The molecule has 0 aromatic heterocycles. The first-order valence-corrected chi connectivity index (χ1v) is 5.06. The molecular formula is C12H11NO4. The molecule has 5 heteroatoms. The van der Waals surface area contributed by atoms with Gasteiger partial charge < -0.3 is 9.64 Å². The molecule has 0 saturated heterocycles. The molecule has 88 valence electrons. The number of ether oxygens (including phenoxy) is 1. The van der Waals surface area contributed by atoms with Gasteiger partial charge in [-0.3, -0.25) is 9.59 Å². The maximum atomic E-state index is 12.1. The highest BCUT2D eigenvalue weighted by Crippen LogP contribution is 2.22. The second-order valence-corrected chi connectivity index (χ2v) is 3.75. The minimum Gasteiger partial charge on any atom is -0.467 e. The fraction of sp³-hybridized carbons (Fsp3) is 0.250. The van der Waals surface area contributed by atoms with Gasteiger partial charge in [-0.1, -0.05) is 18.2 Å².